The molecule has 0 radical (unpaired) electrons. The first kappa shape index (κ1) is 12.4. The molecular formula is C13H20N2O2. The van der Waals surface area contributed by atoms with Gasteiger partial charge in [0.15, 0.2) is 0 Å². The molecule has 0 saturated carbocycles. The Balaban J connectivity index is 2.15. The van der Waals surface area contributed by atoms with Crippen molar-refractivity contribution >= 4 is 5.91 Å². The van der Waals surface area contributed by atoms with Gasteiger partial charge in [0.2, 0.25) is 5.91 Å². The van der Waals surface area contributed by atoms with Crippen LogP contribution in [-0.2, 0) is 9.53 Å². The van der Waals surface area contributed by atoms with E-state index < -0.39 is 0 Å². The Morgan fingerprint density at radius 1 is 1.59 bits per heavy atom. The molecule has 2 rings (SSSR count). The quantitative estimate of drug-likeness (QED) is 0.714. The number of hydrogen-bond donors (Lipinski definition) is 1. The SMILES string of the molecule is C#CCN1C[C@H](COC)[C@@H]2CCCC(N2)C1=O. The maximum atomic E-state index is 12.2. The lowest BCUT2D eigenvalue weighted by molar-refractivity contribution is -0.132. The van der Waals surface area contributed by atoms with Crippen molar-refractivity contribution in [1.29, 1.82) is 0 Å². The lowest BCUT2D eigenvalue weighted by atomic mass is 9.91. The zero-order valence-electron chi connectivity index (χ0n) is 10.3. The maximum absolute atomic E-state index is 12.2. The second kappa shape index (κ2) is 5.52. The lowest BCUT2D eigenvalue weighted by Crippen LogP contribution is -2.49. The van der Waals surface area contributed by atoms with Gasteiger partial charge in [-0.15, -0.1) is 6.42 Å². The van der Waals surface area contributed by atoms with Gasteiger partial charge in [-0.3, -0.25) is 4.79 Å². The highest BCUT2D eigenvalue weighted by Crippen LogP contribution is 2.24. The maximum Gasteiger partial charge on any atom is 0.240 e. The van der Waals surface area contributed by atoms with Crippen LogP contribution in [0.15, 0.2) is 0 Å². The number of nitrogens with zero attached hydrogens (tertiary/aromatic N) is 1. The van der Waals surface area contributed by atoms with Crippen LogP contribution in [0, 0.1) is 18.3 Å². The monoisotopic (exact) mass is 236 g/mol. The van der Waals surface area contributed by atoms with Crippen LogP contribution in [0.25, 0.3) is 0 Å². The summed E-state index contributed by atoms with van der Waals surface area (Å²) in [5.41, 5.74) is 0. The molecular weight excluding hydrogens is 216 g/mol. The number of hydrogen-bond acceptors (Lipinski definition) is 3. The van der Waals surface area contributed by atoms with E-state index in [9.17, 15) is 4.79 Å². The highest BCUT2D eigenvalue weighted by Gasteiger charge is 2.38. The van der Waals surface area contributed by atoms with Crippen LogP contribution in [0.5, 0.6) is 0 Å². The van der Waals surface area contributed by atoms with Gasteiger partial charge in [0.25, 0.3) is 0 Å². The van der Waals surface area contributed by atoms with Crippen LogP contribution < -0.4 is 5.32 Å². The van der Waals surface area contributed by atoms with Crippen LogP contribution in [0.3, 0.4) is 0 Å². The van der Waals surface area contributed by atoms with Crippen LogP contribution >= 0.6 is 0 Å². The molecule has 2 fully saturated rings. The zero-order chi connectivity index (χ0) is 12.3. The topological polar surface area (TPSA) is 41.6 Å². The molecule has 1 N–H and O–H groups in total. The third-order valence-corrected chi connectivity index (χ3v) is 3.72. The Labute approximate surface area is 103 Å². The summed E-state index contributed by atoms with van der Waals surface area (Å²) in [5.74, 6) is 3.08. The first-order valence-corrected chi connectivity index (χ1v) is 6.23. The number of fused-ring (bicyclic) bond motifs is 2. The third kappa shape index (κ3) is 2.62. The Morgan fingerprint density at radius 2 is 2.41 bits per heavy atom. The fourth-order valence-corrected chi connectivity index (χ4v) is 2.89. The molecule has 4 heteroatoms. The largest absolute Gasteiger partial charge is 0.384 e. The van der Waals surface area contributed by atoms with Crippen molar-refractivity contribution in [2.24, 2.45) is 5.92 Å². The molecule has 1 unspecified atom stereocenters. The third-order valence-electron chi connectivity index (χ3n) is 3.72. The van der Waals surface area contributed by atoms with E-state index >= 15 is 0 Å². The van der Waals surface area contributed by atoms with E-state index in [-0.39, 0.29) is 11.9 Å². The molecule has 17 heavy (non-hydrogen) atoms. The standard InChI is InChI=1S/C13H20N2O2/c1-3-7-15-8-10(9-17-2)11-5-4-6-12(14-11)13(15)16/h1,10-12,14H,4-9H2,2H3/t10-,11+,12?/m1/s1. The summed E-state index contributed by atoms with van der Waals surface area (Å²) < 4.78 is 5.26. The van der Waals surface area contributed by atoms with Crippen molar-refractivity contribution in [2.75, 3.05) is 26.8 Å². The van der Waals surface area contributed by atoms with Gasteiger partial charge in [0, 0.05) is 25.6 Å². The number of carbonyl (C=O) groups is 1. The van der Waals surface area contributed by atoms with Crippen molar-refractivity contribution in [1.82, 2.24) is 10.2 Å². The molecule has 0 aromatic heterocycles. The van der Waals surface area contributed by atoms with E-state index in [0.29, 0.717) is 31.7 Å². The van der Waals surface area contributed by atoms with Gasteiger partial charge in [-0.25, -0.2) is 0 Å². The molecule has 2 saturated heterocycles. The summed E-state index contributed by atoms with van der Waals surface area (Å²) in [7, 11) is 1.71. The van der Waals surface area contributed by atoms with Gasteiger partial charge in [-0.1, -0.05) is 5.92 Å². The van der Waals surface area contributed by atoms with E-state index in [1.54, 1.807) is 12.0 Å². The van der Waals surface area contributed by atoms with E-state index in [1.165, 1.54) is 0 Å². The fraction of sp³-hybridized carbons (Fsp3) is 0.769. The van der Waals surface area contributed by atoms with E-state index in [1.807, 2.05) is 0 Å². The van der Waals surface area contributed by atoms with Gasteiger partial charge in [-0.05, 0) is 19.3 Å². The number of methoxy groups -OCH3 is 1. The summed E-state index contributed by atoms with van der Waals surface area (Å²) in [4.78, 5) is 14.0. The minimum Gasteiger partial charge on any atom is -0.384 e. The molecule has 2 heterocycles. The summed E-state index contributed by atoms with van der Waals surface area (Å²) in [5, 5.41) is 3.45. The smallest absolute Gasteiger partial charge is 0.240 e. The van der Waals surface area contributed by atoms with Crippen molar-refractivity contribution < 1.29 is 9.53 Å². The molecule has 0 aromatic carbocycles. The first-order chi connectivity index (χ1) is 8.26. The lowest BCUT2D eigenvalue weighted by Gasteiger charge is -2.30. The molecule has 1 amide bonds. The van der Waals surface area contributed by atoms with Crippen molar-refractivity contribution in [3.8, 4) is 12.3 Å². The molecule has 0 spiro atoms. The molecule has 2 bridgehead atoms. The van der Waals surface area contributed by atoms with Gasteiger partial charge in [0.05, 0.1) is 19.2 Å². The van der Waals surface area contributed by atoms with E-state index in [2.05, 4.69) is 11.2 Å². The second-order valence-electron chi connectivity index (χ2n) is 4.89. The number of ether oxygens (including phenoxy) is 1. The minimum atomic E-state index is -0.0380. The van der Waals surface area contributed by atoms with Crippen LogP contribution in [0.4, 0.5) is 0 Å². The summed E-state index contributed by atoms with van der Waals surface area (Å²) >= 11 is 0. The fourth-order valence-electron chi connectivity index (χ4n) is 2.89. The van der Waals surface area contributed by atoms with Gasteiger partial charge in [0.1, 0.15) is 0 Å². The molecule has 4 nitrogen and oxygen atoms in total. The molecule has 0 aliphatic carbocycles. The Hall–Kier alpha value is -1.05. The molecule has 94 valence electrons. The number of amides is 1. The van der Waals surface area contributed by atoms with Crippen LogP contribution in [0.1, 0.15) is 19.3 Å². The number of piperidine rings is 1. The average molecular weight is 236 g/mol. The molecule has 2 aliphatic heterocycles. The zero-order valence-corrected chi connectivity index (χ0v) is 10.3. The highest BCUT2D eigenvalue weighted by atomic mass is 16.5. The molecule has 2 aliphatic rings. The Bertz CT molecular complexity index is 324. The first-order valence-electron chi connectivity index (χ1n) is 6.23. The van der Waals surface area contributed by atoms with E-state index in [4.69, 9.17) is 11.2 Å². The van der Waals surface area contributed by atoms with Crippen molar-refractivity contribution in [3.05, 3.63) is 0 Å². The van der Waals surface area contributed by atoms with Crippen molar-refractivity contribution in [3.63, 3.8) is 0 Å². The molecule has 0 aromatic rings. The van der Waals surface area contributed by atoms with Gasteiger partial charge < -0.3 is 15.0 Å². The van der Waals surface area contributed by atoms with Crippen molar-refractivity contribution in [2.45, 2.75) is 31.3 Å². The highest BCUT2D eigenvalue weighted by molar-refractivity contribution is 5.82. The number of terminal acetylenes is 1. The van der Waals surface area contributed by atoms with Crippen LogP contribution in [0.2, 0.25) is 0 Å². The Morgan fingerprint density at radius 3 is 3.12 bits per heavy atom. The van der Waals surface area contributed by atoms with E-state index in [0.717, 1.165) is 19.3 Å². The molecule has 3 atom stereocenters. The summed E-state index contributed by atoms with van der Waals surface area (Å²) in [6.45, 7) is 1.80. The normalized spacial score (nSPS) is 33.1. The summed E-state index contributed by atoms with van der Waals surface area (Å²) in [6, 6.07) is 0.351. The number of carbonyl (C=O) groups excluding carboxylic acids is 1. The minimum absolute atomic E-state index is 0.0380. The number of nitrogens with one attached hydrogen (secondary N) is 1. The van der Waals surface area contributed by atoms with Crippen LogP contribution in [-0.4, -0.2) is 49.7 Å². The second-order valence-corrected chi connectivity index (χ2v) is 4.89. The predicted molar refractivity (Wildman–Crippen MR) is 65.3 cm³/mol. The van der Waals surface area contributed by atoms with Gasteiger partial charge >= 0.3 is 0 Å². The summed E-state index contributed by atoms with van der Waals surface area (Å²) in [6.07, 6.45) is 8.50. The average Bonchev–Trinajstić information content (AvgIpc) is 2.43. The Kier molecular flexibility index (Phi) is 4.03. The predicted octanol–water partition coefficient (Wildman–Crippen LogP) is 0.235. The number of rotatable bonds is 3. The van der Waals surface area contributed by atoms with Gasteiger partial charge in [-0.2, -0.15) is 0 Å².